The molecule has 0 aliphatic heterocycles. The maximum Gasteiger partial charge on any atom is 0.222 e. The molecule has 1 amide bonds. The molecular weight excluding hydrogens is 194 g/mol. The van der Waals surface area contributed by atoms with Crippen LogP contribution in [0, 0.1) is 0 Å². The molecule has 0 heterocycles. The Kier molecular flexibility index (Phi) is 9.52. The van der Waals surface area contributed by atoms with Crippen molar-refractivity contribution < 1.29 is 14.3 Å². The van der Waals surface area contributed by atoms with Gasteiger partial charge in [-0.25, -0.2) is 0 Å². The topological polar surface area (TPSA) is 38.8 Å². The standard InChI is InChI=1S/C11H23NO3/c1-4-5-6-11(13)12(7-9-14-2)8-10-15-3/h4-10H2,1-3H3. The highest BCUT2D eigenvalue weighted by atomic mass is 16.5. The first-order chi connectivity index (χ1) is 7.26. The molecule has 0 aliphatic rings. The number of rotatable bonds is 9. The Morgan fingerprint density at radius 2 is 1.67 bits per heavy atom. The largest absolute Gasteiger partial charge is 0.383 e. The maximum atomic E-state index is 11.7. The molecule has 0 saturated heterocycles. The molecule has 0 radical (unpaired) electrons. The molecule has 4 heteroatoms. The van der Waals surface area contributed by atoms with Gasteiger partial charge in [0.05, 0.1) is 13.2 Å². The molecule has 0 aromatic rings. The number of methoxy groups -OCH3 is 2. The summed E-state index contributed by atoms with van der Waals surface area (Å²) in [5.74, 6) is 0.200. The predicted octanol–water partition coefficient (Wildman–Crippen LogP) is 1.30. The smallest absolute Gasteiger partial charge is 0.222 e. The van der Waals surface area contributed by atoms with Gasteiger partial charge in [-0.15, -0.1) is 0 Å². The van der Waals surface area contributed by atoms with Crippen LogP contribution in [0.1, 0.15) is 26.2 Å². The molecular formula is C11H23NO3. The third kappa shape index (κ3) is 7.33. The molecule has 0 saturated carbocycles. The van der Waals surface area contributed by atoms with Gasteiger partial charge >= 0.3 is 0 Å². The normalized spacial score (nSPS) is 10.3. The summed E-state index contributed by atoms with van der Waals surface area (Å²) in [4.78, 5) is 13.5. The van der Waals surface area contributed by atoms with Gasteiger partial charge in [-0.2, -0.15) is 0 Å². The average molecular weight is 217 g/mol. The highest BCUT2D eigenvalue weighted by Crippen LogP contribution is 2.00. The van der Waals surface area contributed by atoms with Crippen LogP contribution in [-0.2, 0) is 14.3 Å². The second-order valence-corrected chi connectivity index (χ2v) is 3.47. The van der Waals surface area contributed by atoms with Crippen molar-refractivity contribution >= 4 is 5.91 Å². The predicted molar refractivity (Wildman–Crippen MR) is 59.9 cm³/mol. The summed E-state index contributed by atoms with van der Waals surface area (Å²) in [7, 11) is 3.29. The molecule has 0 unspecified atom stereocenters. The van der Waals surface area contributed by atoms with E-state index >= 15 is 0 Å². The number of unbranched alkanes of at least 4 members (excludes halogenated alkanes) is 1. The lowest BCUT2D eigenvalue weighted by Crippen LogP contribution is -2.36. The fraction of sp³-hybridized carbons (Fsp3) is 0.909. The lowest BCUT2D eigenvalue weighted by atomic mass is 10.2. The van der Waals surface area contributed by atoms with Gasteiger partial charge in [-0.05, 0) is 6.42 Å². The van der Waals surface area contributed by atoms with Crippen LogP contribution in [0.25, 0.3) is 0 Å². The number of hydrogen-bond donors (Lipinski definition) is 0. The first-order valence-corrected chi connectivity index (χ1v) is 5.51. The van der Waals surface area contributed by atoms with Gasteiger partial charge in [0.2, 0.25) is 5.91 Å². The minimum atomic E-state index is 0.200. The number of nitrogens with zero attached hydrogens (tertiary/aromatic N) is 1. The lowest BCUT2D eigenvalue weighted by Gasteiger charge is -2.21. The number of carbonyl (C=O) groups is 1. The molecule has 0 rings (SSSR count). The summed E-state index contributed by atoms with van der Waals surface area (Å²) in [6.07, 6.45) is 2.63. The van der Waals surface area contributed by atoms with Crippen LogP contribution in [0.15, 0.2) is 0 Å². The van der Waals surface area contributed by atoms with Crippen molar-refractivity contribution in [3.8, 4) is 0 Å². The molecule has 0 fully saturated rings. The molecule has 0 bridgehead atoms. The summed E-state index contributed by atoms with van der Waals surface area (Å²) in [5, 5.41) is 0. The van der Waals surface area contributed by atoms with Crippen molar-refractivity contribution in [1.29, 1.82) is 0 Å². The number of amides is 1. The van der Waals surface area contributed by atoms with E-state index in [1.807, 2.05) is 4.90 Å². The fourth-order valence-corrected chi connectivity index (χ4v) is 1.25. The number of carbonyl (C=O) groups excluding carboxylic acids is 1. The van der Waals surface area contributed by atoms with Gasteiger partial charge in [0, 0.05) is 33.7 Å². The Hall–Kier alpha value is -0.610. The fourth-order valence-electron chi connectivity index (χ4n) is 1.25. The molecule has 4 nitrogen and oxygen atoms in total. The third-order valence-corrected chi connectivity index (χ3v) is 2.23. The SMILES string of the molecule is CCCCC(=O)N(CCOC)CCOC. The van der Waals surface area contributed by atoms with Crippen LogP contribution in [0.4, 0.5) is 0 Å². The summed E-state index contributed by atoms with van der Waals surface area (Å²) in [6.45, 7) is 4.57. The Morgan fingerprint density at radius 1 is 1.13 bits per heavy atom. The zero-order valence-electron chi connectivity index (χ0n) is 10.1. The van der Waals surface area contributed by atoms with Crippen LogP contribution in [0.3, 0.4) is 0 Å². The summed E-state index contributed by atoms with van der Waals surface area (Å²) in [5.41, 5.74) is 0. The second-order valence-electron chi connectivity index (χ2n) is 3.47. The van der Waals surface area contributed by atoms with Gasteiger partial charge in [0.1, 0.15) is 0 Å². The quantitative estimate of drug-likeness (QED) is 0.584. The maximum absolute atomic E-state index is 11.7. The zero-order chi connectivity index (χ0) is 11.5. The van der Waals surface area contributed by atoms with Crippen molar-refractivity contribution in [3.63, 3.8) is 0 Å². The monoisotopic (exact) mass is 217 g/mol. The molecule has 0 atom stereocenters. The van der Waals surface area contributed by atoms with Crippen LogP contribution < -0.4 is 0 Å². The minimum absolute atomic E-state index is 0.200. The van der Waals surface area contributed by atoms with Gasteiger partial charge in [0.25, 0.3) is 0 Å². The molecule has 0 N–H and O–H groups in total. The van der Waals surface area contributed by atoms with E-state index in [1.54, 1.807) is 14.2 Å². The highest BCUT2D eigenvalue weighted by Gasteiger charge is 2.11. The van der Waals surface area contributed by atoms with E-state index < -0.39 is 0 Å². The van der Waals surface area contributed by atoms with Gasteiger partial charge in [-0.1, -0.05) is 13.3 Å². The number of ether oxygens (including phenoxy) is 2. The van der Waals surface area contributed by atoms with Gasteiger partial charge in [-0.3, -0.25) is 4.79 Å². The molecule has 0 aromatic heterocycles. The summed E-state index contributed by atoms with van der Waals surface area (Å²) in [6, 6.07) is 0. The summed E-state index contributed by atoms with van der Waals surface area (Å²) >= 11 is 0. The van der Waals surface area contributed by atoms with Gasteiger partial charge < -0.3 is 14.4 Å². The van der Waals surface area contributed by atoms with Crippen molar-refractivity contribution in [1.82, 2.24) is 4.90 Å². The third-order valence-electron chi connectivity index (χ3n) is 2.23. The van der Waals surface area contributed by atoms with Crippen LogP contribution >= 0.6 is 0 Å². The van der Waals surface area contributed by atoms with Crippen LogP contribution in [0.5, 0.6) is 0 Å². The van der Waals surface area contributed by atoms with Gasteiger partial charge in [0.15, 0.2) is 0 Å². The summed E-state index contributed by atoms with van der Waals surface area (Å²) < 4.78 is 9.94. The Morgan fingerprint density at radius 3 is 2.07 bits per heavy atom. The van der Waals surface area contributed by atoms with Crippen molar-refractivity contribution in [2.45, 2.75) is 26.2 Å². The van der Waals surface area contributed by atoms with E-state index in [2.05, 4.69) is 6.92 Å². The zero-order valence-corrected chi connectivity index (χ0v) is 10.1. The first kappa shape index (κ1) is 14.4. The highest BCUT2D eigenvalue weighted by molar-refractivity contribution is 5.76. The Bertz CT molecular complexity index is 154. The van der Waals surface area contributed by atoms with E-state index in [4.69, 9.17) is 9.47 Å². The average Bonchev–Trinajstić information content (AvgIpc) is 2.26. The van der Waals surface area contributed by atoms with Crippen LogP contribution in [0.2, 0.25) is 0 Å². The molecule has 0 spiro atoms. The first-order valence-electron chi connectivity index (χ1n) is 5.51. The lowest BCUT2D eigenvalue weighted by molar-refractivity contribution is -0.132. The van der Waals surface area contributed by atoms with Crippen molar-refractivity contribution in [3.05, 3.63) is 0 Å². The van der Waals surface area contributed by atoms with E-state index in [9.17, 15) is 4.79 Å². The van der Waals surface area contributed by atoms with Crippen molar-refractivity contribution in [2.75, 3.05) is 40.5 Å². The van der Waals surface area contributed by atoms with Crippen molar-refractivity contribution in [2.24, 2.45) is 0 Å². The Balaban J connectivity index is 3.90. The molecule has 0 aromatic carbocycles. The minimum Gasteiger partial charge on any atom is -0.383 e. The Labute approximate surface area is 92.5 Å². The van der Waals surface area contributed by atoms with E-state index in [0.717, 1.165) is 12.8 Å². The molecule has 15 heavy (non-hydrogen) atoms. The van der Waals surface area contributed by atoms with E-state index in [1.165, 1.54) is 0 Å². The number of hydrogen-bond acceptors (Lipinski definition) is 3. The second kappa shape index (κ2) is 9.93. The molecule has 0 aliphatic carbocycles. The molecule has 90 valence electrons. The van der Waals surface area contributed by atoms with E-state index in [0.29, 0.717) is 32.7 Å². The van der Waals surface area contributed by atoms with E-state index in [-0.39, 0.29) is 5.91 Å². The van der Waals surface area contributed by atoms with Crippen LogP contribution in [-0.4, -0.2) is 51.3 Å².